The lowest BCUT2D eigenvalue weighted by atomic mass is 9.99. The second kappa shape index (κ2) is 9.15. The van der Waals surface area contributed by atoms with Gasteiger partial charge in [-0.05, 0) is 50.9 Å². The van der Waals surface area contributed by atoms with E-state index in [0.29, 0.717) is 24.8 Å². The van der Waals surface area contributed by atoms with Gasteiger partial charge in [0.2, 0.25) is 0 Å². The number of methoxy groups -OCH3 is 1. The summed E-state index contributed by atoms with van der Waals surface area (Å²) < 4.78 is 5.00. The summed E-state index contributed by atoms with van der Waals surface area (Å²) in [7, 11) is 1.67. The lowest BCUT2D eigenvalue weighted by molar-refractivity contribution is 0.0589. The highest BCUT2D eigenvalue weighted by Crippen LogP contribution is 2.22. The first-order valence-corrected chi connectivity index (χ1v) is 9.50. The maximum absolute atomic E-state index is 12.7. The third kappa shape index (κ3) is 4.92. The van der Waals surface area contributed by atoms with E-state index in [1.807, 2.05) is 17.0 Å². The van der Waals surface area contributed by atoms with Crippen LogP contribution in [0.3, 0.4) is 0 Å². The van der Waals surface area contributed by atoms with Gasteiger partial charge in [-0.15, -0.1) is 0 Å². The summed E-state index contributed by atoms with van der Waals surface area (Å²) in [6.45, 7) is 5.52. The molecule has 3 heterocycles. The van der Waals surface area contributed by atoms with Crippen molar-refractivity contribution in [3.63, 3.8) is 0 Å². The monoisotopic (exact) mass is 346 g/mol. The Bertz CT molecular complexity index is 535. The molecule has 2 fully saturated rings. The van der Waals surface area contributed by atoms with E-state index in [4.69, 9.17) is 4.74 Å². The summed E-state index contributed by atoms with van der Waals surface area (Å²) in [5, 5.41) is 3.17. The number of likely N-dealkylation sites (tertiary alicyclic amines) is 2. The van der Waals surface area contributed by atoms with Crippen molar-refractivity contribution in [1.29, 1.82) is 0 Å². The summed E-state index contributed by atoms with van der Waals surface area (Å²) >= 11 is 0. The highest BCUT2D eigenvalue weighted by atomic mass is 16.5. The number of hydrogen-bond acceptors (Lipinski definition) is 5. The number of aromatic nitrogens is 1. The molecule has 0 aliphatic carbocycles. The average molecular weight is 346 g/mol. The second-order valence-corrected chi connectivity index (χ2v) is 6.97. The molecule has 0 aromatic carbocycles. The summed E-state index contributed by atoms with van der Waals surface area (Å²) in [6, 6.07) is 4.39. The topological polar surface area (TPSA) is 57.7 Å². The number of nitrogens with one attached hydrogen (secondary N) is 1. The molecule has 3 rings (SSSR count). The van der Waals surface area contributed by atoms with Crippen LogP contribution >= 0.6 is 0 Å². The number of nitrogens with zero attached hydrogens (tertiary/aromatic N) is 3. The molecule has 25 heavy (non-hydrogen) atoms. The van der Waals surface area contributed by atoms with Gasteiger partial charge in [0.05, 0.1) is 12.2 Å². The Hall–Kier alpha value is -1.66. The highest BCUT2D eigenvalue weighted by molar-refractivity contribution is 5.94. The Labute approximate surface area is 150 Å². The molecule has 0 radical (unpaired) electrons. The molecule has 6 heteroatoms. The van der Waals surface area contributed by atoms with Crippen LogP contribution in [-0.4, -0.2) is 73.2 Å². The number of ether oxygens (including phenoxy) is 1. The molecule has 1 N–H and O–H groups in total. The first-order valence-electron chi connectivity index (χ1n) is 9.50. The van der Waals surface area contributed by atoms with Crippen molar-refractivity contribution < 1.29 is 9.53 Å². The maximum Gasteiger partial charge on any atom is 0.255 e. The molecule has 0 spiro atoms. The van der Waals surface area contributed by atoms with Crippen molar-refractivity contribution in [2.45, 2.75) is 38.1 Å². The van der Waals surface area contributed by atoms with Crippen LogP contribution in [0.5, 0.6) is 0 Å². The van der Waals surface area contributed by atoms with Crippen molar-refractivity contribution >= 4 is 11.7 Å². The molecule has 138 valence electrons. The predicted octanol–water partition coefficient (Wildman–Crippen LogP) is 2.23. The van der Waals surface area contributed by atoms with Gasteiger partial charge in [-0.1, -0.05) is 6.42 Å². The van der Waals surface area contributed by atoms with Crippen molar-refractivity contribution in [2.75, 3.05) is 51.8 Å². The van der Waals surface area contributed by atoms with E-state index in [-0.39, 0.29) is 5.91 Å². The first kappa shape index (κ1) is 18.1. The number of amides is 1. The first-order chi connectivity index (χ1) is 12.3. The van der Waals surface area contributed by atoms with Crippen molar-refractivity contribution in [3.8, 4) is 0 Å². The number of rotatable bonds is 6. The molecule has 0 bridgehead atoms. The van der Waals surface area contributed by atoms with Crippen LogP contribution in [0.1, 0.15) is 42.5 Å². The van der Waals surface area contributed by atoms with E-state index in [1.165, 1.54) is 32.4 Å². The summed E-state index contributed by atoms with van der Waals surface area (Å²) in [4.78, 5) is 21.6. The van der Waals surface area contributed by atoms with Crippen LogP contribution in [0.25, 0.3) is 0 Å². The lowest BCUT2D eigenvalue weighted by Crippen LogP contribution is -2.48. The largest absolute Gasteiger partial charge is 0.383 e. The minimum Gasteiger partial charge on any atom is -0.383 e. The Morgan fingerprint density at radius 1 is 1.20 bits per heavy atom. The fourth-order valence-corrected chi connectivity index (χ4v) is 3.81. The second-order valence-electron chi connectivity index (χ2n) is 6.97. The molecular formula is C19H30N4O2. The van der Waals surface area contributed by atoms with E-state index in [2.05, 4.69) is 15.2 Å². The fourth-order valence-electron chi connectivity index (χ4n) is 3.81. The summed E-state index contributed by atoms with van der Waals surface area (Å²) in [5.41, 5.74) is 0.675. The molecule has 0 atom stereocenters. The van der Waals surface area contributed by atoms with Gasteiger partial charge in [-0.2, -0.15) is 0 Å². The number of carbonyl (C=O) groups is 1. The van der Waals surface area contributed by atoms with E-state index >= 15 is 0 Å². The molecule has 0 saturated carbocycles. The van der Waals surface area contributed by atoms with Gasteiger partial charge in [-0.25, -0.2) is 4.98 Å². The van der Waals surface area contributed by atoms with E-state index < -0.39 is 0 Å². The van der Waals surface area contributed by atoms with E-state index in [9.17, 15) is 4.79 Å². The highest BCUT2D eigenvalue weighted by Gasteiger charge is 2.28. The molecule has 6 nitrogen and oxygen atoms in total. The third-order valence-corrected chi connectivity index (χ3v) is 5.28. The van der Waals surface area contributed by atoms with Crippen LogP contribution in [0.15, 0.2) is 18.3 Å². The van der Waals surface area contributed by atoms with Gasteiger partial charge in [0.1, 0.15) is 5.82 Å². The van der Waals surface area contributed by atoms with Crippen LogP contribution in [0, 0.1) is 0 Å². The normalized spacial score (nSPS) is 19.8. The van der Waals surface area contributed by atoms with Gasteiger partial charge >= 0.3 is 0 Å². The summed E-state index contributed by atoms with van der Waals surface area (Å²) in [6.07, 6.45) is 7.89. The third-order valence-electron chi connectivity index (χ3n) is 5.28. The van der Waals surface area contributed by atoms with Crippen LogP contribution < -0.4 is 5.32 Å². The molecule has 1 aromatic heterocycles. The molecule has 1 amide bonds. The van der Waals surface area contributed by atoms with Crippen molar-refractivity contribution in [2.24, 2.45) is 0 Å². The zero-order valence-electron chi connectivity index (χ0n) is 15.2. The molecular weight excluding hydrogens is 316 g/mol. The number of carbonyl (C=O) groups excluding carboxylic acids is 1. The quantitative estimate of drug-likeness (QED) is 0.801. The van der Waals surface area contributed by atoms with Gasteiger partial charge in [0.25, 0.3) is 5.91 Å². The van der Waals surface area contributed by atoms with E-state index in [1.54, 1.807) is 13.3 Å². The Morgan fingerprint density at radius 3 is 2.60 bits per heavy atom. The van der Waals surface area contributed by atoms with Crippen molar-refractivity contribution in [3.05, 3.63) is 23.9 Å². The molecule has 0 unspecified atom stereocenters. The Balaban J connectivity index is 1.48. The Morgan fingerprint density at radius 2 is 1.96 bits per heavy atom. The van der Waals surface area contributed by atoms with Gasteiger partial charge in [-0.3, -0.25) is 4.79 Å². The lowest BCUT2D eigenvalue weighted by Gasteiger charge is -2.40. The molecule has 2 aliphatic rings. The fraction of sp³-hybridized carbons (Fsp3) is 0.684. The smallest absolute Gasteiger partial charge is 0.255 e. The van der Waals surface area contributed by atoms with Gasteiger partial charge in [0, 0.05) is 39.0 Å². The van der Waals surface area contributed by atoms with Crippen LogP contribution in [0.2, 0.25) is 0 Å². The summed E-state index contributed by atoms with van der Waals surface area (Å²) in [5.74, 6) is 0.880. The van der Waals surface area contributed by atoms with Crippen molar-refractivity contribution in [1.82, 2.24) is 14.8 Å². The number of pyridine rings is 1. The molecule has 1 aromatic rings. The van der Waals surface area contributed by atoms with Crippen LogP contribution in [-0.2, 0) is 4.74 Å². The standard InChI is InChI=1S/C19H30N4O2/c1-25-14-9-20-18-6-5-16(15-21-18)19(24)23-12-7-17(8-13-23)22-10-3-2-4-11-22/h5-6,15,17H,2-4,7-14H2,1H3,(H,20,21). The molecule has 2 saturated heterocycles. The van der Waals surface area contributed by atoms with Crippen LogP contribution in [0.4, 0.5) is 5.82 Å². The average Bonchev–Trinajstić information content (AvgIpc) is 2.69. The zero-order valence-corrected chi connectivity index (χ0v) is 15.2. The minimum absolute atomic E-state index is 0.105. The number of anilines is 1. The Kier molecular flexibility index (Phi) is 6.64. The number of piperidine rings is 2. The van der Waals surface area contributed by atoms with Gasteiger partial charge < -0.3 is 19.9 Å². The van der Waals surface area contributed by atoms with E-state index in [0.717, 1.165) is 31.7 Å². The zero-order chi connectivity index (χ0) is 17.5. The number of hydrogen-bond donors (Lipinski definition) is 1. The minimum atomic E-state index is 0.105. The van der Waals surface area contributed by atoms with Gasteiger partial charge in [0.15, 0.2) is 0 Å². The SMILES string of the molecule is COCCNc1ccc(C(=O)N2CCC(N3CCCCC3)CC2)cn1. The predicted molar refractivity (Wildman–Crippen MR) is 99.0 cm³/mol. The maximum atomic E-state index is 12.7. The molecule has 2 aliphatic heterocycles.